The zero-order valence-electron chi connectivity index (χ0n) is 18.8. The zero-order chi connectivity index (χ0) is 23.4. The van der Waals surface area contributed by atoms with Gasteiger partial charge < -0.3 is 20.9 Å². The first kappa shape index (κ1) is 22.5. The normalized spacial score (nSPS) is 14.2. The molecule has 8 nitrogen and oxygen atoms in total. The number of aryl methyl sites for hydroxylation is 1. The predicted molar refractivity (Wildman–Crippen MR) is 128 cm³/mol. The molecule has 0 unspecified atom stereocenters. The molecule has 0 atom stereocenters. The molecule has 1 aliphatic rings. The Kier molecular flexibility index (Phi) is 6.72. The second-order valence-corrected chi connectivity index (χ2v) is 8.58. The van der Waals surface area contributed by atoms with Crippen molar-refractivity contribution in [3.63, 3.8) is 0 Å². The predicted octanol–water partition coefficient (Wildman–Crippen LogP) is 3.78. The van der Waals surface area contributed by atoms with E-state index in [-0.39, 0.29) is 29.8 Å². The number of anilines is 2. The second kappa shape index (κ2) is 9.85. The highest BCUT2D eigenvalue weighted by Gasteiger charge is 2.25. The smallest absolute Gasteiger partial charge is 0.275 e. The molecule has 4 N–H and O–H groups in total. The molecule has 1 aromatic carbocycles. The van der Waals surface area contributed by atoms with Crippen LogP contribution in [0.3, 0.4) is 0 Å². The molecule has 0 spiro atoms. The molecule has 8 heteroatoms. The summed E-state index contributed by atoms with van der Waals surface area (Å²) in [5.41, 5.74) is 8.00. The molecule has 0 radical (unpaired) electrons. The van der Waals surface area contributed by atoms with Crippen molar-refractivity contribution < 1.29 is 14.4 Å². The molecule has 1 fully saturated rings. The molecule has 0 aliphatic heterocycles. The summed E-state index contributed by atoms with van der Waals surface area (Å²) >= 11 is 0. The third-order valence-electron chi connectivity index (χ3n) is 6.32. The van der Waals surface area contributed by atoms with Gasteiger partial charge in [-0.2, -0.15) is 0 Å². The Hall–Kier alpha value is -3.68. The number of H-pyrrole nitrogens is 1. The molecule has 33 heavy (non-hydrogen) atoms. The van der Waals surface area contributed by atoms with Crippen molar-refractivity contribution in [2.45, 2.75) is 44.9 Å². The van der Waals surface area contributed by atoms with Gasteiger partial charge >= 0.3 is 0 Å². The van der Waals surface area contributed by atoms with Crippen LogP contribution >= 0.6 is 0 Å². The molecule has 2 heterocycles. The topological polar surface area (TPSA) is 121 Å². The minimum Gasteiger partial charge on any atom is -0.370 e. The van der Waals surface area contributed by atoms with Gasteiger partial charge in [-0.3, -0.25) is 19.4 Å². The van der Waals surface area contributed by atoms with Crippen LogP contribution in [-0.2, 0) is 16.0 Å². The van der Waals surface area contributed by atoms with E-state index in [9.17, 15) is 14.4 Å². The third kappa shape index (κ3) is 5.05. The quantitative estimate of drug-likeness (QED) is 0.510. The third-order valence-corrected chi connectivity index (χ3v) is 6.32. The number of nitrogens with zero attached hydrogens (tertiary/aromatic N) is 2. The maximum atomic E-state index is 13.0. The van der Waals surface area contributed by atoms with E-state index in [2.05, 4.69) is 15.3 Å². The van der Waals surface area contributed by atoms with Crippen molar-refractivity contribution in [3.05, 3.63) is 53.9 Å². The van der Waals surface area contributed by atoms with Crippen molar-refractivity contribution in [2.75, 3.05) is 17.3 Å². The minimum absolute atomic E-state index is 0.0717. The standard InChI is InChI=1S/C25H29N5O3/c1-30(25(33)16-7-3-2-4-8-16)17-10-11-18-19(12-13-22(26)31)23(28-21(18)15-17)29-24(32)20-9-5-6-14-27-20/h5-6,9-11,14-16,28H,2-4,7-8,12-13H2,1H3,(H2,26,31)(H,29,32). The fraction of sp³-hybridized carbons (Fsp3) is 0.360. The Bertz CT molecular complexity index is 1170. The number of rotatable bonds is 7. The van der Waals surface area contributed by atoms with E-state index in [0.29, 0.717) is 12.2 Å². The number of benzene rings is 1. The van der Waals surface area contributed by atoms with E-state index in [0.717, 1.165) is 47.8 Å². The number of aromatic nitrogens is 2. The highest BCUT2D eigenvalue weighted by molar-refractivity contribution is 6.05. The van der Waals surface area contributed by atoms with Gasteiger partial charge in [-0.15, -0.1) is 0 Å². The van der Waals surface area contributed by atoms with Crippen LogP contribution in [0.1, 0.15) is 54.6 Å². The zero-order valence-corrected chi connectivity index (χ0v) is 18.8. The van der Waals surface area contributed by atoms with Gasteiger partial charge in [0.15, 0.2) is 0 Å². The molecule has 1 aliphatic carbocycles. The number of amides is 3. The van der Waals surface area contributed by atoms with Gasteiger partial charge in [0.1, 0.15) is 11.5 Å². The van der Waals surface area contributed by atoms with Crippen LogP contribution in [0.25, 0.3) is 10.9 Å². The van der Waals surface area contributed by atoms with Crippen LogP contribution in [0.2, 0.25) is 0 Å². The lowest BCUT2D eigenvalue weighted by Crippen LogP contribution is -2.33. The first-order chi connectivity index (χ1) is 15.9. The Morgan fingerprint density at radius 2 is 1.94 bits per heavy atom. The van der Waals surface area contributed by atoms with E-state index >= 15 is 0 Å². The lowest BCUT2D eigenvalue weighted by Gasteiger charge is -2.26. The molecule has 3 amide bonds. The largest absolute Gasteiger partial charge is 0.370 e. The molecule has 3 aromatic rings. The van der Waals surface area contributed by atoms with Crippen LogP contribution in [0.5, 0.6) is 0 Å². The lowest BCUT2D eigenvalue weighted by molar-refractivity contribution is -0.123. The first-order valence-corrected chi connectivity index (χ1v) is 11.4. The molecular formula is C25H29N5O3. The lowest BCUT2D eigenvalue weighted by atomic mass is 9.88. The van der Waals surface area contributed by atoms with Crippen molar-refractivity contribution in [1.29, 1.82) is 0 Å². The van der Waals surface area contributed by atoms with Crippen LogP contribution in [-0.4, -0.2) is 34.7 Å². The molecule has 172 valence electrons. The number of hydrogen-bond acceptors (Lipinski definition) is 4. The van der Waals surface area contributed by atoms with E-state index in [4.69, 9.17) is 5.73 Å². The number of primary amides is 1. The number of hydrogen-bond donors (Lipinski definition) is 3. The Morgan fingerprint density at radius 3 is 2.64 bits per heavy atom. The summed E-state index contributed by atoms with van der Waals surface area (Å²) in [6.45, 7) is 0. The second-order valence-electron chi connectivity index (χ2n) is 8.58. The van der Waals surface area contributed by atoms with Crippen LogP contribution in [0, 0.1) is 5.92 Å². The Balaban J connectivity index is 1.64. The highest BCUT2D eigenvalue weighted by Crippen LogP contribution is 2.32. The van der Waals surface area contributed by atoms with E-state index < -0.39 is 5.91 Å². The van der Waals surface area contributed by atoms with Gasteiger partial charge in [-0.25, -0.2) is 0 Å². The average Bonchev–Trinajstić information content (AvgIpc) is 3.18. The first-order valence-electron chi connectivity index (χ1n) is 11.4. The van der Waals surface area contributed by atoms with Gasteiger partial charge in [0.2, 0.25) is 11.8 Å². The summed E-state index contributed by atoms with van der Waals surface area (Å²) < 4.78 is 0. The summed E-state index contributed by atoms with van der Waals surface area (Å²) in [7, 11) is 1.80. The number of aromatic amines is 1. The molecular weight excluding hydrogens is 418 g/mol. The van der Waals surface area contributed by atoms with Gasteiger partial charge in [0.25, 0.3) is 5.91 Å². The molecule has 0 saturated heterocycles. The van der Waals surface area contributed by atoms with Crippen molar-refractivity contribution in [2.24, 2.45) is 11.7 Å². The number of carbonyl (C=O) groups is 3. The van der Waals surface area contributed by atoms with Gasteiger partial charge in [0.05, 0.1) is 0 Å². The summed E-state index contributed by atoms with van der Waals surface area (Å²) in [6, 6.07) is 10.8. The van der Waals surface area contributed by atoms with Gasteiger partial charge in [-0.05, 0) is 43.5 Å². The Morgan fingerprint density at radius 1 is 1.15 bits per heavy atom. The Labute approximate surface area is 192 Å². The fourth-order valence-electron chi connectivity index (χ4n) is 4.49. The summed E-state index contributed by atoms with van der Waals surface area (Å²) in [6.07, 6.45) is 7.36. The molecule has 4 rings (SSSR count). The number of carbonyl (C=O) groups excluding carboxylic acids is 3. The van der Waals surface area contributed by atoms with E-state index in [1.807, 2.05) is 18.2 Å². The molecule has 2 aromatic heterocycles. The van der Waals surface area contributed by atoms with E-state index in [1.54, 1.807) is 36.3 Å². The maximum absolute atomic E-state index is 13.0. The SMILES string of the molecule is CN(C(=O)C1CCCCC1)c1ccc2c(CCC(N)=O)c(NC(=O)c3ccccn3)[nH]c2c1. The van der Waals surface area contributed by atoms with Crippen molar-refractivity contribution in [1.82, 2.24) is 9.97 Å². The van der Waals surface area contributed by atoms with Crippen LogP contribution < -0.4 is 16.0 Å². The summed E-state index contributed by atoms with van der Waals surface area (Å²) in [5.74, 6) is -0.0610. The van der Waals surface area contributed by atoms with Crippen LogP contribution in [0.15, 0.2) is 42.6 Å². The van der Waals surface area contributed by atoms with Crippen molar-refractivity contribution >= 4 is 40.1 Å². The average molecular weight is 448 g/mol. The highest BCUT2D eigenvalue weighted by atomic mass is 16.2. The number of nitrogens with two attached hydrogens (primary N) is 1. The number of nitrogens with one attached hydrogen (secondary N) is 2. The van der Waals surface area contributed by atoms with Gasteiger partial charge in [0, 0.05) is 47.7 Å². The minimum atomic E-state index is -0.416. The molecule has 0 bridgehead atoms. The van der Waals surface area contributed by atoms with Gasteiger partial charge in [-0.1, -0.05) is 31.4 Å². The molecule has 1 saturated carbocycles. The fourth-order valence-corrected chi connectivity index (χ4v) is 4.49. The van der Waals surface area contributed by atoms with Crippen molar-refractivity contribution in [3.8, 4) is 0 Å². The monoisotopic (exact) mass is 447 g/mol. The van der Waals surface area contributed by atoms with E-state index in [1.165, 1.54) is 6.42 Å². The maximum Gasteiger partial charge on any atom is 0.275 e. The number of fused-ring (bicyclic) bond motifs is 1. The number of pyridine rings is 1. The summed E-state index contributed by atoms with van der Waals surface area (Å²) in [5, 5.41) is 3.74. The summed E-state index contributed by atoms with van der Waals surface area (Å²) in [4.78, 5) is 46.2. The van der Waals surface area contributed by atoms with Crippen LogP contribution in [0.4, 0.5) is 11.5 Å².